The molecule has 0 aliphatic heterocycles. The molecule has 0 aliphatic carbocycles. The first-order valence-electron chi connectivity index (χ1n) is 4.89. The maximum Gasteiger partial charge on any atom is 0.0885 e. The summed E-state index contributed by atoms with van der Waals surface area (Å²) in [5.74, 6) is 0. The highest BCUT2D eigenvalue weighted by Crippen LogP contribution is 2.21. The highest BCUT2D eigenvalue weighted by molar-refractivity contribution is 5.47. The monoisotopic (exact) mass is 196 g/mol. The van der Waals surface area contributed by atoms with E-state index in [-0.39, 0.29) is 0 Å². The number of benzene rings is 2. The molecule has 0 saturated carbocycles. The summed E-state index contributed by atoms with van der Waals surface area (Å²) in [5.41, 5.74) is 10.2. The molecular formula is C13H12N2. The van der Waals surface area contributed by atoms with Gasteiger partial charge in [0.15, 0.2) is 0 Å². The van der Waals surface area contributed by atoms with Crippen LogP contribution >= 0.6 is 0 Å². The molecule has 0 bridgehead atoms. The Morgan fingerprint density at radius 2 is 1.53 bits per heavy atom. The first-order chi connectivity index (χ1) is 7.40. The van der Waals surface area contributed by atoms with E-state index in [1.807, 2.05) is 42.5 Å². The van der Waals surface area contributed by atoms with Crippen LogP contribution in [-0.2, 0) is 6.42 Å². The molecule has 0 atom stereocenters. The third kappa shape index (κ3) is 2.29. The molecule has 0 aliphatic rings. The van der Waals surface area contributed by atoms with Gasteiger partial charge >= 0.3 is 0 Å². The van der Waals surface area contributed by atoms with Gasteiger partial charge in [-0.25, -0.2) is 5.53 Å². The van der Waals surface area contributed by atoms with E-state index in [0.717, 1.165) is 17.7 Å². The van der Waals surface area contributed by atoms with Crippen molar-refractivity contribution in [3.8, 4) is 0 Å². The van der Waals surface area contributed by atoms with Crippen molar-refractivity contribution >= 4 is 5.69 Å². The summed E-state index contributed by atoms with van der Waals surface area (Å²) in [4.78, 5) is 0. The van der Waals surface area contributed by atoms with E-state index in [2.05, 4.69) is 17.2 Å². The van der Waals surface area contributed by atoms with E-state index in [0.29, 0.717) is 0 Å². The van der Waals surface area contributed by atoms with Crippen molar-refractivity contribution in [3.05, 3.63) is 65.7 Å². The van der Waals surface area contributed by atoms with Crippen LogP contribution in [0.25, 0.3) is 0 Å². The third-order valence-electron chi connectivity index (χ3n) is 2.35. The first kappa shape index (κ1) is 9.59. The van der Waals surface area contributed by atoms with Gasteiger partial charge in [-0.15, -0.1) is 0 Å². The number of para-hydroxylation sites is 1. The largest absolute Gasteiger partial charge is 0.204 e. The fourth-order valence-electron chi connectivity index (χ4n) is 1.59. The van der Waals surface area contributed by atoms with Gasteiger partial charge in [0.25, 0.3) is 0 Å². The Labute approximate surface area is 89.1 Å². The number of nitrogens with zero attached hydrogens (tertiary/aromatic N) is 1. The summed E-state index contributed by atoms with van der Waals surface area (Å²) < 4.78 is 0. The van der Waals surface area contributed by atoms with Crippen LogP contribution in [0.2, 0.25) is 0 Å². The van der Waals surface area contributed by atoms with Crippen LogP contribution in [0.4, 0.5) is 5.69 Å². The van der Waals surface area contributed by atoms with E-state index in [9.17, 15) is 0 Å². The smallest absolute Gasteiger partial charge is 0.0885 e. The summed E-state index contributed by atoms with van der Waals surface area (Å²) in [5, 5.41) is 3.52. The lowest BCUT2D eigenvalue weighted by Crippen LogP contribution is -1.87. The minimum absolute atomic E-state index is 0.751. The first-order valence-corrected chi connectivity index (χ1v) is 4.89. The predicted molar refractivity (Wildman–Crippen MR) is 60.5 cm³/mol. The van der Waals surface area contributed by atoms with Gasteiger partial charge in [-0.05, 0) is 23.6 Å². The minimum atomic E-state index is 0.751. The van der Waals surface area contributed by atoms with Gasteiger partial charge in [0.1, 0.15) is 0 Å². The molecule has 0 radical (unpaired) electrons. The van der Waals surface area contributed by atoms with Gasteiger partial charge < -0.3 is 0 Å². The fourth-order valence-corrected chi connectivity index (χ4v) is 1.59. The van der Waals surface area contributed by atoms with E-state index < -0.39 is 0 Å². The van der Waals surface area contributed by atoms with Crippen LogP contribution in [0.3, 0.4) is 0 Å². The number of nitrogens with one attached hydrogen (secondary N) is 1. The van der Waals surface area contributed by atoms with Gasteiger partial charge in [-0.3, -0.25) is 0 Å². The Kier molecular flexibility index (Phi) is 2.88. The molecule has 2 rings (SSSR count). The van der Waals surface area contributed by atoms with Crippen LogP contribution in [0.1, 0.15) is 11.1 Å². The third-order valence-corrected chi connectivity index (χ3v) is 2.35. The van der Waals surface area contributed by atoms with Gasteiger partial charge in [-0.2, -0.15) is 5.11 Å². The van der Waals surface area contributed by atoms with Gasteiger partial charge in [0.2, 0.25) is 0 Å². The summed E-state index contributed by atoms with van der Waals surface area (Å²) in [6.07, 6.45) is 0.833. The van der Waals surface area contributed by atoms with Crippen molar-refractivity contribution in [1.29, 1.82) is 5.53 Å². The lowest BCUT2D eigenvalue weighted by atomic mass is 10.0. The second-order valence-corrected chi connectivity index (χ2v) is 3.40. The Bertz CT molecular complexity index is 449. The van der Waals surface area contributed by atoms with Gasteiger partial charge in [0, 0.05) is 0 Å². The van der Waals surface area contributed by atoms with Gasteiger partial charge in [0.05, 0.1) is 5.69 Å². The zero-order valence-corrected chi connectivity index (χ0v) is 8.35. The summed E-state index contributed by atoms with van der Waals surface area (Å²) >= 11 is 0. The predicted octanol–water partition coefficient (Wildman–Crippen LogP) is 3.94. The summed E-state index contributed by atoms with van der Waals surface area (Å²) in [6.45, 7) is 0. The molecule has 0 spiro atoms. The van der Waals surface area contributed by atoms with Crippen molar-refractivity contribution in [2.45, 2.75) is 6.42 Å². The average Bonchev–Trinajstić information content (AvgIpc) is 2.31. The molecule has 0 heterocycles. The molecule has 0 aromatic heterocycles. The van der Waals surface area contributed by atoms with Crippen LogP contribution < -0.4 is 0 Å². The Morgan fingerprint density at radius 1 is 0.867 bits per heavy atom. The molecule has 1 N–H and O–H groups in total. The Morgan fingerprint density at radius 3 is 2.27 bits per heavy atom. The molecule has 2 aromatic rings. The average molecular weight is 196 g/mol. The van der Waals surface area contributed by atoms with Crippen LogP contribution in [0.15, 0.2) is 59.7 Å². The Balaban J connectivity index is 2.28. The maximum atomic E-state index is 7.08. The second kappa shape index (κ2) is 4.51. The number of hydrogen-bond donors (Lipinski definition) is 1. The molecule has 74 valence electrons. The van der Waals surface area contributed by atoms with E-state index in [1.54, 1.807) is 0 Å². The van der Waals surface area contributed by atoms with Crippen molar-refractivity contribution in [3.63, 3.8) is 0 Å². The highest BCUT2D eigenvalue weighted by Gasteiger charge is 2.00. The maximum absolute atomic E-state index is 7.08. The second-order valence-electron chi connectivity index (χ2n) is 3.40. The molecule has 15 heavy (non-hydrogen) atoms. The van der Waals surface area contributed by atoms with Crippen LogP contribution in [0.5, 0.6) is 0 Å². The van der Waals surface area contributed by atoms with Crippen molar-refractivity contribution in [2.24, 2.45) is 5.11 Å². The fraction of sp³-hybridized carbons (Fsp3) is 0.0769. The van der Waals surface area contributed by atoms with E-state index in [4.69, 9.17) is 5.53 Å². The van der Waals surface area contributed by atoms with Crippen molar-refractivity contribution in [1.82, 2.24) is 0 Å². The number of rotatable bonds is 3. The van der Waals surface area contributed by atoms with Crippen molar-refractivity contribution < 1.29 is 0 Å². The zero-order valence-electron chi connectivity index (χ0n) is 8.35. The van der Waals surface area contributed by atoms with E-state index in [1.165, 1.54) is 5.56 Å². The quantitative estimate of drug-likeness (QED) is 0.722. The molecule has 0 unspecified atom stereocenters. The normalized spacial score (nSPS) is 9.87. The van der Waals surface area contributed by atoms with E-state index >= 15 is 0 Å². The van der Waals surface area contributed by atoms with Crippen LogP contribution in [-0.4, -0.2) is 0 Å². The SMILES string of the molecule is N=Nc1ccccc1Cc1ccccc1. The summed E-state index contributed by atoms with van der Waals surface area (Å²) in [7, 11) is 0. The molecule has 0 amide bonds. The Hall–Kier alpha value is -1.96. The van der Waals surface area contributed by atoms with Crippen LogP contribution in [0, 0.1) is 5.53 Å². The van der Waals surface area contributed by atoms with Crippen molar-refractivity contribution in [2.75, 3.05) is 0 Å². The van der Waals surface area contributed by atoms with Gasteiger partial charge in [-0.1, -0.05) is 48.5 Å². The lowest BCUT2D eigenvalue weighted by molar-refractivity contribution is 1.10. The molecular weight excluding hydrogens is 184 g/mol. The zero-order chi connectivity index (χ0) is 10.5. The molecule has 0 saturated heterocycles. The molecule has 0 fully saturated rings. The minimum Gasteiger partial charge on any atom is -0.204 e. The topological polar surface area (TPSA) is 36.2 Å². The highest BCUT2D eigenvalue weighted by atomic mass is 15.0. The molecule has 2 heteroatoms. The summed E-state index contributed by atoms with van der Waals surface area (Å²) in [6, 6.07) is 18.0. The molecule has 2 aromatic carbocycles. The lowest BCUT2D eigenvalue weighted by Gasteiger charge is -2.03. The number of hydrogen-bond acceptors (Lipinski definition) is 2. The molecule has 2 nitrogen and oxygen atoms in total. The standard InChI is InChI=1S/C13H12N2/c14-15-13-9-5-4-8-12(13)10-11-6-2-1-3-7-11/h1-9,14H,10H2.